The van der Waals surface area contributed by atoms with Crippen LogP contribution in [0, 0.1) is 12.8 Å². The smallest absolute Gasteiger partial charge is 0.476 e. The van der Waals surface area contributed by atoms with Crippen LogP contribution in [0.15, 0.2) is 47.6 Å². The average molecular weight is 481 g/mol. The number of carboxylic acid groups (broad SMARTS) is 1. The third-order valence-electron chi connectivity index (χ3n) is 5.40. The summed E-state index contributed by atoms with van der Waals surface area (Å²) in [5.41, 5.74) is 0.887. The van der Waals surface area contributed by atoms with Gasteiger partial charge in [0.05, 0.1) is 11.6 Å². The van der Waals surface area contributed by atoms with Crippen molar-refractivity contribution >= 4 is 34.9 Å². The number of benzene rings is 2. The van der Waals surface area contributed by atoms with E-state index >= 15 is 0 Å². The average Bonchev–Trinajstić information content (AvgIpc) is 3.03. The molecule has 0 aromatic heterocycles. The Hall–Kier alpha value is -3.20. The van der Waals surface area contributed by atoms with Crippen molar-refractivity contribution in [3.8, 4) is 0 Å². The second-order valence-corrected chi connectivity index (χ2v) is 8.28. The highest BCUT2D eigenvalue weighted by molar-refractivity contribution is 6.30. The third kappa shape index (κ3) is 5.42. The lowest BCUT2D eigenvalue weighted by atomic mass is 9.91. The fourth-order valence-electron chi connectivity index (χ4n) is 3.93. The van der Waals surface area contributed by atoms with Crippen molar-refractivity contribution in [3.63, 3.8) is 0 Å². The van der Waals surface area contributed by atoms with Crippen LogP contribution in [-0.4, -0.2) is 46.3 Å². The summed E-state index contributed by atoms with van der Waals surface area (Å²) >= 11 is 5.99. The highest BCUT2D eigenvalue weighted by Crippen LogP contribution is 2.29. The van der Waals surface area contributed by atoms with E-state index in [9.17, 15) is 22.8 Å². The number of nitrogens with one attached hydrogen (secondary N) is 1. The van der Waals surface area contributed by atoms with Gasteiger partial charge in [-0.1, -0.05) is 34.5 Å². The zero-order valence-corrected chi connectivity index (χ0v) is 18.8. The molecule has 10 heteroatoms. The standard InChI is InChI=1S/C23H21ClF3N3O3/c1-12-9-15(22(32)33)7-8-17(12)13(2)28-21(31)19-18(11-14-5-4-6-16(24)10-14)29-30(3)20(19)23(25,26)27/h4-10,13,19H,11H2,1-3H3,(H-,28,31,32,33)/p+1/t13-,19?/m0/s1. The van der Waals surface area contributed by atoms with Crippen LogP contribution in [0.4, 0.5) is 13.2 Å². The largest absolute Gasteiger partial charge is 0.478 e. The van der Waals surface area contributed by atoms with Gasteiger partial charge in [0.1, 0.15) is 5.71 Å². The molecule has 3 rings (SSSR count). The highest BCUT2D eigenvalue weighted by Gasteiger charge is 2.56. The van der Waals surface area contributed by atoms with Crippen LogP contribution in [0.25, 0.3) is 0 Å². The van der Waals surface area contributed by atoms with Gasteiger partial charge in [0.25, 0.3) is 0 Å². The Balaban J connectivity index is 1.89. The number of hydrazone groups is 1. The van der Waals surface area contributed by atoms with Gasteiger partial charge >= 0.3 is 17.9 Å². The molecular formula is C23H22ClF3N3O3+. The molecule has 1 heterocycles. The Kier molecular flexibility index (Phi) is 6.92. The van der Waals surface area contributed by atoms with E-state index in [-0.39, 0.29) is 17.7 Å². The molecule has 33 heavy (non-hydrogen) atoms. The summed E-state index contributed by atoms with van der Waals surface area (Å²) in [5, 5.41) is 16.2. The van der Waals surface area contributed by atoms with Crippen molar-refractivity contribution in [2.75, 3.05) is 7.05 Å². The number of amides is 1. The van der Waals surface area contributed by atoms with Crippen LogP contribution < -0.4 is 5.32 Å². The maximum absolute atomic E-state index is 13.8. The lowest BCUT2D eigenvalue weighted by Gasteiger charge is -2.20. The fourth-order valence-corrected chi connectivity index (χ4v) is 4.15. The van der Waals surface area contributed by atoms with E-state index in [1.54, 1.807) is 44.2 Å². The van der Waals surface area contributed by atoms with Gasteiger partial charge in [-0.25, -0.2) is 4.79 Å². The Bertz CT molecular complexity index is 1180. The van der Waals surface area contributed by atoms with E-state index in [2.05, 4.69) is 10.4 Å². The maximum Gasteiger partial charge on any atom is 0.476 e. The molecule has 1 amide bonds. The molecule has 0 fully saturated rings. The van der Waals surface area contributed by atoms with Crippen molar-refractivity contribution in [3.05, 3.63) is 69.7 Å². The zero-order valence-electron chi connectivity index (χ0n) is 18.1. The normalized spacial score (nSPS) is 17.1. The molecule has 0 bridgehead atoms. The number of hydrogen-bond acceptors (Lipinski definition) is 3. The monoisotopic (exact) mass is 480 g/mol. The molecule has 0 saturated heterocycles. The van der Waals surface area contributed by atoms with Crippen LogP contribution in [-0.2, 0) is 11.2 Å². The number of alkyl halides is 3. The first-order valence-electron chi connectivity index (χ1n) is 10.0. The minimum Gasteiger partial charge on any atom is -0.478 e. The van der Waals surface area contributed by atoms with Crippen LogP contribution >= 0.6 is 11.6 Å². The van der Waals surface area contributed by atoms with Crippen molar-refractivity contribution < 1.29 is 32.6 Å². The summed E-state index contributed by atoms with van der Waals surface area (Å²) in [6.07, 6.45) is -4.75. The number of carbonyl (C=O) groups excluding carboxylic acids is 1. The predicted octanol–water partition coefficient (Wildman–Crippen LogP) is 4.40. The molecule has 0 aliphatic carbocycles. The molecule has 1 aliphatic heterocycles. The molecule has 0 saturated carbocycles. The summed E-state index contributed by atoms with van der Waals surface area (Å²) in [6.45, 7) is 3.30. The molecule has 2 atom stereocenters. The molecule has 174 valence electrons. The summed E-state index contributed by atoms with van der Waals surface area (Å²) < 4.78 is 42.2. The van der Waals surface area contributed by atoms with Crippen molar-refractivity contribution in [1.29, 1.82) is 0 Å². The van der Waals surface area contributed by atoms with E-state index in [4.69, 9.17) is 16.7 Å². The molecular weight excluding hydrogens is 459 g/mol. The topological polar surface area (TPSA) is 81.8 Å². The number of aryl methyl sites for hydroxylation is 1. The third-order valence-corrected chi connectivity index (χ3v) is 5.64. The minimum atomic E-state index is -4.77. The lowest BCUT2D eigenvalue weighted by molar-refractivity contribution is -0.507. The van der Waals surface area contributed by atoms with Gasteiger partial charge in [-0.15, -0.1) is 0 Å². The van der Waals surface area contributed by atoms with Crippen molar-refractivity contribution in [2.24, 2.45) is 11.0 Å². The lowest BCUT2D eigenvalue weighted by Crippen LogP contribution is -2.46. The first kappa shape index (κ1) is 24.4. The molecule has 6 nitrogen and oxygen atoms in total. The van der Waals surface area contributed by atoms with Crippen molar-refractivity contribution in [1.82, 2.24) is 5.32 Å². The Morgan fingerprint density at radius 3 is 2.52 bits per heavy atom. The molecule has 2 aromatic carbocycles. The maximum atomic E-state index is 13.8. The first-order chi connectivity index (χ1) is 15.4. The van der Waals surface area contributed by atoms with E-state index in [0.717, 1.165) is 7.05 Å². The predicted molar refractivity (Wildman–Crippen MR) is 118 cm³/mol. The van der Waals surface area contributed by atoms with Gasteiger partial charge in [0.2, 0.25) is 5.91 Å². The minimum absolute atomic E-state index is 0.0171. The quantitative estimate of drug-likeness (QED) is 0.601. The number of hydrogen-bond donors (Lipinski definition) is 2. The molecule has 0 radical (unpaired) electrons. The Morgan fingerprint density at radius 2 is 1.94 bits per heavy atom. The van der Waals surface area contributed by atoms with Gasteiger partial charge in [0, 0.05) is 11.4 Å². The van der Waals surface area contributed by atoms with Gasteiger partial charge in [0.15, 0.2) is 13.0 Å². The number of halogens is 4. The fraction of sp³-hybridized carbons (Fsp3) is 0.304. The SMILES string of the molecule is Cc1cc(C(=O)O)ccc1[C@H](C)NC(=O)C1C(Cc2cccc(Cl)c2)=N[N+](C)=C1C(F)(F)F. The molecule has 1 aliphatic rings. The number of rotatable bonds is 6. The number of nitrogens with zero attached hydrogens (tertiary/aromatic N) is 2. The van der Waals surface area contributed by atoms with E-state index in [1.807, 2.05) is 0 Å². The van der Waals surface area contributed by atoms with Crippen LogP contribution in [0.3, 0.4) is 0 Å². The second-order valence-electron chi connectivity index (χ2n) is 7.84. The Labute approximate surface area is 193 Å². The zero-order chi connectivity index (χ0) is 24.5. The van der Waals surface area contributed by atoms with Crippen LogP contribution in [0.5, 0.6) is 0 Å². The first-order valence-corrected chi connectivity index (χ1v) is 10.4. The van der Waals surface area contributed by atoms with Gasteiger partial charge in [-0.3, -0.25) is 4.79 Å². The summed E-state index contributed by atoms with van der Waals surface area (Å²) in [7, 11) is 1.16. The van der Waals surface area contributed by atoms with E-state index in [0.29, 0.717) is 26.4 Å². The molecule has 0 spiro atoms. The summed E-state index contributed by atoms with van der Waals surface area (Å²) in [4.78, 5) is 24.3. The van der Waals surface area contributed by atoms with Crippen LogP contribution in [0.1, 0.15) is 40.0 Å². The molecule has 2 N–H and O–H groups in total. The summed E-state index contributed by atoms with van der Waals surface area (Å²) in [5.74, 6) is -3.57. The van der Waals surface area contributed by atoms with E-state index in [1.165, 1.54) is 12.1 Å². The van der Waals surface area contributed by atoms with Crippen LogP contribution in [0.2, 0.25) is 5.02 Å². The van der Waals surface area contributed by atoms with Gasteiger partial charge < -0.3 is 10.4 Å². The van der Waals surface area contributed by atoms with Gasteiger partial charge in [-0.2, -0.15) is 13.2 Å². The summed E-state index contributed by atoms with van der Waals surface area (Å²) in [6, 6.07) is 10.3. The highest BCUT2D eigenvalue weighted by atomic mass is 35.5. The number of aromatic carboxylic acids is 1. The molecule has 1 unspecified atom stereocenters. The Morgan fingerprint density at radius 1 is 1.24 bits per heavy atom. The van der Waals surface area contributed by atoms with Crippen molar-refractivity contribution in [2.45, 2.75) is 32.5 Å². The second kappa shape index (κ2) is 9.35. The van der Waals surface area contributed by atoms with E-state index < -0.39 is 35.7 Å². The molecule has 2 aromatic rings. The van der Waals surface area contributed by atoms with Gasteiger partial charge in [-0.05, 0) is 59.9 Å². The number of carbonyl (C=O) groups is 2. The number of carboxylic acids is 1.